The number of carbonyl (C=O) groups is 1. The second-order valence-electron chi connectivity index (χ2n) is 10.0. The van der Waals surface area contributed by atoms with Crippen molar-refractivity contribution in [3.05, 3.63) is 47.3 Å². The van der Waals surface area contributed by atoms with Crippen LogP contribution in [0.25, 0.3) is 0 Å². The summed E-state index contributed by atoms with van der Waals surface area (Å²) in [6.07, 6.45) is 7.73. The SMILES string of the molecule is COC(=O)c1cccc(NC(=S)NC[C@H]2C[C@@H]3CCN2C[C@@H]3c2cc(C3CCCC3)nn2C)c1. The molecule has 7 nitrogen and oxygen atoms in total. The first-order chi connectivity index (χ1) is 16.5. The molecule has 0 amide bonds. The number of aryl methyl sites for hydroxylation is 1. The number of esters is 1. The van der Waals surface area contributed by atoms with Crippen LogP contribution in [0.1, 0.15) is 72.1 Å². The van der Waals surface area contributed by atoms with Gasteiger partial charge in [0.05, 0.1) is 18.4 Å². The molecule has 1 aromatic heterocycles. The van der Waals surface area contributed by atoms with Gasteiger partial charge in [-0.05, 0) is 74.6 Å². The fourth-order valence-electron chi connectivity index (χ4n) is 6.19. The second-order valence-corrected chi connectivity index (χ2v) is 10.5. The molecule has 3 saturated heterocycles. The molecule has 1 aromatic carbocycles. The Morgan fingerprint density at radius 1 is 1.24 bits per heavy atom. The van der Waals surface area contributed by atoms with Gasteiger partial charge in [-0.25, -0.2) is 4.79 Å². The molecule has 1 unspecified atom stereocenters. The van der Waals surface area contributed by atoms with Gasteiger partial charge in [0.2, 0.25) is 0 Å². The largest absolute Gasteiger partial charge is 0.465 e. The zero-order valence-electron chi connectivity index (χ0n) is 20.1. The number of piperidine rings is 3. The van der Waals surface area contributed by atoms with Crippen LogP contribution in [0.5, 0.6) is 0 Å². The number of nitrogens with zero attached hydrogens (tertiary/aromatic N) is 3. The van der Waals surface area contributed by atoms with Crippen LogP contribution >= 0.6 is 12.2 Å². The number of benzene rings is 1. The van der Waals surface area contributed by atoms with Gasteiger partial charge in [-0.15, -0.1) is 0 Å². The van der Waals surface area contributed by atoms with Crippen molar-refractivity contribution >= 4 is 29.0 Å². The summed E-state index contributed by atoms with van der Waals surface area (Å²) >= 11 is 5.53. The molecule has 6 rings (SSSR count). The number of rotatable bonds is 6. The van der Waals surface area contributed by atoms with Gasteiger partial charge in [0.15, 0.2) is 5.11 Å². The van der Waals surface area contributed by atoms with Crippen LogP contribution in [-0.4, -0.2) is 58.5 Å². The summed E-state index contributed by atoms with van der Waals surface area (Å²) in [6.45, 7) is 3.08. The van der Waals surface area contributed by atoms with Crippen LogP contribution in [0.4, 0.5) is 5.69 Å². The molecule has 2 aromatic rings. The van der Waals surface area contributed by atoms with Crippen molar-refractivity contribution in [2.24, 2.45) is 13.0 Å². The maximum Gasteiger partial charge on any atom is 0.337 e. The van der Waals surface area contributed by atoms with Crippen molar-refractivity contribution in [1.82, 2.24) is 20.0 Å². The van der Waals surface area contributed by atoms with Crippen molar-refractivity contribution in [1.29, 1.82) is 0 Å². The highest BCUT2D eigenvalue weighted by atomic mass is 32.1. The van der Waals surface area contributed by atoms with Gasteiger partial charge in [0, 0.05) is 49.4 Å². The number of hydrogen-bond acceptors (Lipinski definition) is 5. The van der Waals surface area contributed by atoms with Gasteiger partial charge < -0.3 is 15.4 Å². The van der Waals surface area contributed by atoms with Crippen molar-refractivity contribution in [3.8, 4) is 0 Å². The Labute approximate surface area is 207 Å². The van der Waals surface area contributed by atoms with Gasteiger partial charge in [-0.1, -0.05) is 18.9 Å². The van der Waals surface area contributed by atoms with Crippen molar-refractivity contribution in [2.75, 3.05) is 32.1 Å². The van der Waals surface area contributed by atoms with E-state index in [0.29, 0.717) is 34.5 Å². The maximum absolute atomic E-state index is 11.8. The number of fused-ring (bicyclic) bond motifs is 3. The zero-order chi connectivity index (χ0) is 23.7. The minimum atomic E-state index is -0.355. The first-order valence-electron chi connectivity index (χ1n) is 12.5. The number of methoxy groups -OCH3 is 1. The Morgan fingerprint density at radius 2 is 2.06 bits per heavy atom. The third-order valence-electron chi connectivity index (χ3n) is 8.01. The highest BCUT2D eigenvalue weighted by Gasteiger charge is 2.42. The molecular formula is C26H35N5O2S. The first kappa shape index (κ1) is 23.3. The third kappa shape index (κ3) is 4.84. The summed E-state index contributed by atoms with van der Waals surface area (Å²) in [6, 6.07) is 10.1. The van der Waals surface area contributed by atoms with E-state index in [2.05, 4.69) is 33.3 Å². The Bertz CT molecular complexity index is 1050. The predicted molar refractivity (Wildman–Crippen MR) is 137 cm³/mol. The number of thiocarbonyl (C=S) groups is 1. The number of carbonyl (C=O) groups excluding carboxylic acids is 1. The van der Waals surface area contributed by atoms with E-state index < -0.39 is 0 Å². The van der Waals surface area contributed by atoms with Crippen molar-refractivity contribution in [2.45, 2.75) is 56.4 Å². The number of aromatic nitrogens is 2. The van der Waals surface area contributed by atoms with Gasteiger partial charge in [0.25, 0.3) is 0 Å². The van der Waals surface area contributed by atoms with Crippen molar-refractivity contribution < 1.29 is 9.53 Å². The predicted octanol–water partition coefficient (Wildman–Crippen LogP) is 4.03. The molecule has 4 aliphatic rings. The standard InChI is InChI=1S/C26H35N5O2S/c1-30-24(14-23(29-30)17-6-3-4-7-17)22-16-31-11-10-18(22)13-21(31)15-27-26(34)28-20-9-5-8-19(12-20)25(32)33-2/h5,8-9,12,14,17-18,21-22H,3-4,6-7,10-11,13,15-16H2,1-2H3,(H2,27,28,34)/t18-,21+,22-/m0/s1. The molecule has 0 spiro atoms. The number of anilines is 1. The van der Waals surface area contributed by atoms with Gasteiger partial charge in [-0.2, -0.15) is 5.10 Å². The third-order valence-corrected chi connectivity index (χ3v) is 8.25. The van der Waals surface area contributed by atoms with E-state index in [0.717, 1.165) is 25.3 Å². The van der Waals surface area contributed by atoms with Crippen molar-refractivity contribution in [3.63, 3.8) is 0 Å². The second kappa shape index (κ2) is 10.0. The lowest BCUT2D eigenvalue weighted by Crippen LogP contribution is -2.56. The lowest BCUT2D eigenvalue weighted by atomic mass is 9.74. The molecular weight excluding hydrogens is 446 g/mol. The smallest absolute Gasteiger partial charge is 0.337 e. The number of nitrogens with one attached hydrogen (secondary N) is 2. The number of ether oxygens (including phenoxy) is 1. The molecule has 3 aliphatic heterocycles. The van der Waals surface area contributed by atoms with E-state index in [1.807, 2.05) is 12.1 Å². The average Bonchev–Trinajstić information content (AvgIpc) is 3.52. The molecule has 4 heterocycles. The van der Waals surface area contributed by atoms with E-state index in [4.69, 9.17) is 22.1 Å². The topological polar surface area (TPSA) is 71.4 Å². The zero-order valence-corrected chi connectivity index (χ0v) is 20.9. The minimum Gasteiger partial charge on any atom is -0.465 e. The maximum atomic E-state index is 11.8. The lowest BCUT2D eigenvalue weighted by Gasteiger charge is -2.50. The summed E-state index contributed by atoms with van der Waals surface area (Å²) < 4.78 is 6.96. The monoisotopic (exact) mass is 481 g/mol. The molecule has 1 saturated carbocycles. The lowest BCUT2D eigenvalue weighted by molar-refractivity contribution is 0.0303. The summed E-state index contributed by atoms with van der Waals surface area (Å²) in [5, 5.41) is 12.1. The molecule has 182 valence electrons. The summed E-state index contributed by atoms with van der Waals surface area (Å²) in [5.41, 5.74) is 4.02. The average molecular weight is 482 g/mol. The fraction of sp³-hybridized carbons (Fsp3) is 0.577. The summed E-state index contributed by atoms with van der Waals surface area (Å²) in [4.78, 5) is 14.4. The van der Waals surface area contributed by atoms with E-state index in [-0.39, 0.29) is 5.97 Å². The first-order valence-corrected chi connectivity index (χ1v) is 12.9. The van der Waals surface area contributed by atoms with E-state index in [9.17, 15) is 4.79 Å². The summed E-state index contributed by atoms with van der Waals surface area (Å²) in [7, 11) is 3.51. The summed E-state index contributed by atoms with van der Waals surface area (Å²) in [5.74, 6) is 1.58. The molecule has 2 bridgehead atoms. The van der Waals surface area contributed by atoms with Gasteiger partial charge in [-0.3, -0.25) is 9.58 Å². The molecule has 4 atom stereocenters. The fourth-order valence-corrected chi connectivity index (χ4v) is 6.39. The molecule has 34 heavy (non-hydrogen) atoms. The van der Waals surface area contributed by atoms with Crippen LogP contribution in [0.2, 0.25) is 0 Å². The Balaban J connectivity index is 1.16. The molecule has 1 aliphatic carbocycles. The Hall–Kier alpha value is -2.45. The quantitative estimate of drug-likeness (QED) is 0.477. The van der Waals surface area contributed by atoms with Crippen LogP contribution in [0.15, 0.2) is 30.3 Å². The van der Waals surface area contributed by atoms with Gasteiger partial charge >= 0.3 is 5.97 Å². The molecule has 2 N–H and O–H groups in total. The molecule has 8 heteroatoms. The van der Waals surface area contributed by atoms with Gasteiger partial charge in [0.1, 0.15) is 0 Å². The van der Waals surface area contributed by atoms with Crippen LogP contribution in [-0.2, 0) is 11.8 Å². The number of hydrogen-bond donors (Lipinski definition) is 2. The Kier molecular flexibility index (Phi) is 6.88. The van der Waals surface area contributed by atoms with E-state index in [1.165, 1.54) is 57.0 Å². The minimum absolute atomic E-state index is 0.355. The highest BCUT2D eigenvalue weighted by molar-refractivity contribution is 7.80. The highest BCUT2D eigenvalue weighted by Crippen LogP contribution is 2.43. The van der Waals surface area contributed by atoms with Crippen LogP contribution in [0.3, 0.4) is 0 Å². The normalized spacial score (nSPS) is 26.4. The van der Waals surface area contributed by atoms with Crippen LogP contribution in [0, 0.1) is 5.92 Å². The Morgan fingerprint density at radius 3 is 2.79 bits per heavy atom. The van der Waals surface area contributed by atoms with Crippen LogP contribution < -0.4 is 10.6 Å². The van der Waals surface area contributed by atoms with E-state index in [1.54, 1.807) is 12.1 Å². The molecule has 0 radical (unpaired) electrons. The molecule has 4 fully saturated rings. The van der Waals surface area contributed by atoms with E-state index >= 15 is 0 Å².